The Morgan fingerprint density at radius 3 is 2.24 bits per heavy atom. The first-order chi connectivity index (χ1) is 9.63. The molecule has 0 saturated heterocycles. The zero-order valence-corrected chi connectivity index (χ0v) is 13.0. The molecule has 1 atom stereocenters. The maximum absolute atomic E-state index is 14.1. The summed E-state index contributed by atoms with van der Waals surface area (Å²) in [5.74, 6) is -3.07. The fraction of sp³-hybridized carbons (Fsp3) is 0.462. The summed E-state index contributed by atoms with van der Waals surface area (Å²) in [6.07, 6.45) is 0.836. The first-order valence-corrected chi connectivity index (χ1v) is 7.88. The summed E-state index contributed by atoms with van der Waals surface area (Å²) in [6.45, 7) is 1.45. The highest BCUT2D eigenvalue weighted by Crippen LogP contribution is 2.40. The summed E-state index contributed by atoms with van der Waals surface area (Å²) in [5.41, 5.74) is 0.231. The normalized spacial score (nSPS) is 12.8. The van der Waals surface area contributed by atoms with E-state index in [9.17, 15) is 17.6 Å². The molecule has 8 heteroatoms. The van der Waals surface area contributed by atoms with Gasteiger partial charge in [-0.1, -0.05) is 6.92 Å². The second-order valence-electron chi connectivity index (χ2n) is 4.63. The van der Waals surface area contributed by atoms with Crippen LogP contribution in [-0.2, 0) is 21.1 Å². The maximum atomic E-state index is 14.1. The monoisotopic (exact) mass is 320 g/mol. The van der Waals surface area contributed by atoms with Gasteiger partial charge in [-0.2, -0.15) is 0 Å². The lowest BCUT2D eigenvalue weighted by molar-refractivity contribution is -0.141. The van der Waals surface area contributed by atoms with E-state index in [2.05, 4.69) is 0 Å². The third-order valence-corrected chi connectivity index (χ3v) is 4.07. The zero-order chi connectivity index (χ0) is 16.4. The molecule has 0 spiro atoms. The van der Waals surface area contributed by atoms with E-state index in [1.165, 1.54) is 21.1 Å². The van der Waals surface area contributed by atoms with E-state index in [0.717, 1.165) is 12.3 Å². The van der Waals surface area contributed by atoms with Crippen LogP contribution in [0, 0.1) is 11.7 Å². The fourth-order valence-electron chi connectivity index (χ4n) is 1.96. The molecular formula is C13H17FO6S. The van der Waals surface area contributed by atoms with Crippen molar-refractivity contribution in [3.63, 3.8) is 0 Å². The van der Waals surface area contributed by atoms with Gasteiger partial charge in [-0.3, -0.25) is 4.79 Å². The third-order valence-electron chi connectivity index (χ3n) is 2.95. The minimum Gasteiger partial charge on any atom is -0.493 e. The van der Waals surface area contributed by atoms with Crippen molar-refractivity contribution in [2.24, 2.45) is 5.92 Å². The number of hydrogen-bond acceptors (Lipinski definition) is 5. The van der Waals surface area contributed by atoms with Gasteiger partial charge in [0.25, 0.3) is 0 Å². The topological polar surface area (TPSA) is 89.9 Å². The summed E-state index contributed by atoms with van der Waals surface area (Å²) in [4.78, 5) is 10.3. The molecule has 0 fully saturated rings. The zero-order valence-electron chi connectivity index (χ0n) is 12.1. The third kappa shape index (κ3) is 3.63. The highest BCUT2D eigenvalue weighted by atomic mass is 32.2. The molecule has 0 aliphatic carbocycles. The molecule has 0 saturated carbocycles. The number of carboxylic acids is 1. The summed E-state index contributed by atoms with van der Waals surface area (Å²) >= 11 is 0. The second-order valence-corrected chi connectivity index (χ2v) is 6.58. The smallest absolute Gasteiger partial charge is 0.306 e. The van der Waals surface area contributed by atoms with Gasteiger partial charge in [0.1, 0.15) is 10.7 Å². The fourth-order valence-corrected chi connectivity index (χ4v) is 2.89. The Kier molecular flexibility index (Phi) is 5.16. The molecule has 0 heterocycles. The Morgan fingerprint density at radius 2 is 1.86 bits per heavy atom. The molecule has 0 radical (unpaired) electrons. The molecule has 0 bridgehead atoms. The SMILES string of the molecule is COc1c(CC(C)C(=O)O)cc(F)c(S(C)(=O)=O)c1OC. The Morgan fingerprint density at radius 1 is 1.33 bits per heavy atom. The Balaban J connectivity index is 3.57. The Hall–Kier alpha value is -1.83. The summed E-state index contributed by atoms with van der Waals surface area (Å²) in [7, 11) is -1.40. The van der Waals surface area contributed by atoms with Gasteiger partial charge in [-0.25, -0.2) is 12.8 Å². The summed E-state index contributed by atoms with van der Waals surface area (Å²) < 4.78 is 47.5. The number of halogens is 1. The quantitative estimate of drug-likeness (QED) is 0.854. The van der Waals surface area contributed by atoms with Crippen LogP contribution in [0.4, 0.5) is 4.39 Å². The van der Waals surface area contributed by atoms with Crippen LogP contribution in [0.25, 0.3) is 0 Å². The molecule has 1 unspecified atom stereocenters. The highest BCUT2D eigenvalue weighted by molar-refractivity contribution is 7.90. The van der Waals surface area contributed by atoms with Crippen molar-refractivity contribution in [1.82, 2.24) is 0 Å². The van der Waals surface area contributed by atoms with Crippen LogP contribution in [0.1, 0.15) is 12.5 Å². The number of hydrogen-bond donors (Lipinski definition) is 1. The van der Waals surface area contributed by atoms with E-state index in [4.69, 9.17) is 14.6 Å². The van der Waals surface area contributed by atoms with Gasteiger partial charge in [0.2, 0.25) is 0 Å². The van der Waals surface area contributed by atoms with Gasteiger partial charge < -0.3 is 14.6 Å². The summed E-state index contributed by atoms with van der Waals surface area (Å²) in [5, 5.41) is 8.92. The molecule has 21 heavy (non-hydrogen) atoms. The van der Waals surface area contributed by atoms with Gasteiger partial charge in [0.15, 0.2) is 21.3 Å². The van der Waals surface area contributed by atoms with Crippen molar-refractivity contribution in [1.29, 1.82) is 0 Å². The van der Waals surface area contributed by atoms with Crippen LogP contribution in [0.2, 0.25) is 0 Å². The Bertz CT molecular complexity index is 653. The van der Waals surface area contributed by atoms with Gasteiger partial charge in [0, 0.05) is 11.8 Å². The minimum atomic E-state index is -3.87. The number of carboxylic acid groups (broad SMARTS) is 1. The number of benzene rings is 1. The van der Waals surface area contributed by atoms with Crippen molar-refractivity contribution in [2.75, 3.05) is 20.5 Å². The lowest BCUT2D eigenvalue weighted by Crippen LogP contribution is -2.14. The Labute approximate surface area is 122 Å². The highest BCUT2D eigenvalue weighted by Gasteiger charge is 2.28. The molecular weight excluding hydrogens is 303 g/mol. The van der Waals surface area contributed by atoms with Crippen molar-refractivity contribution < 1.29 is 32.2 Å². The van der Waals surface area contributed by atoms with Crippen molar-refractivity contribution >= 4 is 15.8 Å². The van der Waals surface area contributed by atoms with Gasteiger partial charge in [0.05, 0.1) is 20.1 Å². The van der Waals surface area contributed by atoms with E-state index in [0.29, 0.717) is 0 Å². The predicted molar refractivity (Wildman–Crippen MR) is 73.1 cm³/mol. The lowest BCUT2D eigenvalue weighted by atomic mass is 10.00. The molecule has 0 aliphatic rings. The molecule has 1 aromatic rings. The molecule has 0 aliphatic heterocycles. The van der Waals surface area contributed by atoms with Crippen LogP contribution in [0.3, 0.4) is 0 Å². The lowest BCUT2D eigenvalue weighted by Gasteiger charge is -2.17. The van der Waals surface area contributed by atoms with Crippen molar-refractivity contribution in [3.05, 3.63) is 17.4 Å². The molecule has 1 N–H and O–H groups in total. The molecule has 118 valence electrons. The van der Waals surface area contributed by atoms with Crippen molar-refractivity contribution in [3.8, 4) is 11.5 Å². The van der Waals surface area contributed by atoms with Gasteiger partial charge in [-0.15, -0.1) is 0 Å². The number of methoxy groups -OCH3 is 2. The van der Waals surface area contributed by atoms with E-state index < -0.39 is 32.4 Å². The predicted octanol–water partition coefficient (Wildman–Crippen LogP) is 1.51. The number of rotatable bonds is 6. The second kappa shape index (κ2) is 6.30. The molecule has 0 amide bonds. The van der Waals surface area contributed by atoms with Gasteiger partial charge >= 0.3 is 5.97 Å². The molecule has 1 aromatic carbocycles. The number of ether oxygens (including phenoxy) is 2. The number of aliphatic carboxylic acids is 1. The van der Waals surface area contributed by atoms with Gasteiger partial charge in [-0.05, 0) is 12.5 Å². The average Bonchev–Trinajstić information content (AvgIpc) is 2.35. The summed E-state index contributed by atoms with van der Waals surface area (Å²) in [6, 6.07) is 0.969. The van der Waals surface area contributed by atoms with Crippen LogP contribution < -0.4 is 9.47 Å². The first kappa shape index (κ1) is 17.2. The van der Waals surface area contributed by atoms with Crippen molar-refractivity contribution in [2.45, 2.75) is 18.2 Å². The van der Waals surface area contributed by atoms with E-state index in [1.807, 2.05) is 0 Å². The number of sulfone groups is 1. The van der Waals surface area contributed by atoms with Crippen LogP contribution >= 0.6 is 0 Å². The van der Waals surface area contributed by atoms with E-state index in [1.54, 1.807) is 0 Å². The average molecular weight is 320 g/mol. The minimum absolute atomic E-state index is 0.0180. The van der Waals surface area contributed by atoms with Crippen LogP contribution in [-0.4, -0.2) is 40.0 Å². The standard InChI is InChI=1S/C13H17FO6S/c1-7(13(15)16)5-8-6-9(14)12(21(4,17)18)11(20-3)10(8)19-2/h6-7H,5H2,1-4H3,(H,15,16). The first-order valence-electron chi connectivity index (χ1n) is 5.99. The maximum Gasteiger partial charge on any atom is 0.306 e. The van der Waals surface area contributed by atoms with Crippen LogP contribution in [0.15, 0.2) is 11.0 Å². The largest absolute Gasteiger partial charge is 0.493 e. The van der Waals surface area contributed by atoms with Crippen LogP contribution in [0.5, 0.6) is 11.5 Å². The number of carbonyl (C=O) groups is 1. The molecule has 0 aromatic heterocycles. The van der Waals surface area contributed by atoms with E-state index >= 15 is 0 Å². The molecule has 6 nitrogen and oxygen atoms in total. The molecule has 1 rings (SSSR count). The van der Waals surface area contributed by atoms with E-state index in [-0.39, 0.29) is 23.5 Å².